The smallest absolute Gasteiger partial charge is 0.341 e. The normalized spacial score (nSPS) is 17.7. The molecule has 1 aromatic carbocycles. The minimum atomic E-state index is -0.766. The van der Waals surface area contributed by atoms with Crippen molar-refractivity contribution in [2.24, 2.45) is 11.7 Å². The van der Waals surface area contributed by atoms with E-state index in [1.807, 2.05) is 0 Å². The van der Waals surface area contributed by atoms with Crippen molar-refractivity contribution in [1.29, 1.82) is 0 Å². The first-order chi connectivity index (χ1) is 10.9. The predicted octanol–water partition coefficient (Wildman–Crippen LogP) is 1.87. The van der Waals surface area contributed by atoms with Crippen LogP contribution in [0, 0.1) is 5.92 Å². The molecule has 0 aromatic heterocycles. The predicted molar refractivity (Wildman–Crippen MR) is 85.2 cm³/mol. The summed E-state index contributed by atoms with van der Waals surface area (Å²) >= 11 is 11.8. The fraction of sp³-hybridized carbons (Fsp3) is 0.400. The molecule has 0 unspecified atom stereocenters. The summed E-state index contributed by atoms with van der Waals surface area (Å²) in [4.78, 5) is 36.8. The zero-order valence-corrected chi connectivity index (χ0v) is 13.8. The van der Waals surface area contributed by atoms with Gasteiger partial charge in [-0.05, 0) is 25.0 Å². The van der Waals surface area contributed by atoms with Crippen molar-refractivity contribution < 1.29 is 19.1 Å². The van der Waals surface area contributed by atoms with Gasteiger partial charge in [0.25, 0.3) is 5.91 Å². The van der Waals surface area contributed by atoms with Crippen molar-refractivity contribution in [3.05, 3.63) is 33.8 Å². The largest absolute Gasteiger partial charge is 0.452 e. The number of amides is 2. The van der Waals surface area contributed by atoms with Gasteiger partial charge in [-0.1, -0.05) is 29.3 Å². The summed E-state index contributed by atoms with van der Waals surface area (Å²) in [6.45, 7) is 0.317. The Balaban J connectivity index is 1.94. The molecule has 0 aliphatic carbocycles. The molecular weight excluding hydrogens is 343 g/mol. The number of likely N-dealkylation sites (tertiary alicyclic amines) is 1. The highest BCUT2D eigenvalue weighted by Gasteiger charge is 2.27. The van der Waals surface area contributed by atoms with E-state index < -0.39 is 18.5 Å². The molecule has 1 aromatic rings. The molecular formula is C15H16Cl2N2O4. The van der Waals surface area contributed by atoms with Crippen LogP contribution in [0.5, 0.6) is 0 Å². The van der Waals surface area contributed by atoms with Crippen LogP contribution in [0.2, 0.25) is 10.0 Å². The number of rotatable bonds is 4. The number of nitrogens with zero attached hydrogens (tertiary/aromatic N) is 1. The van der Waals surface area contributed by atoms with Gasteiger partial charge < -0.3 is 15.4 Å². The van der Waals surface area contributed by atoms with E-state index in [2.05, 4.69) is 0 Å². The topological polar surface area (TPSA) is 89.7 Å². The SMILES string of the molecule is NC(=O)[C@H]1CCCN(C(=O)COC(=O)c2c(Cl)cccc2Cl)C1. The Morgan fingerprint density at radius 3 is 2.52 bits per heavy atom. The van der Waals surface area contributed by atoms with E-state index in [4.69, 9.17) is 33.7 Å². The van der Waals surface area contributed by atoms with Crippen molar-refractivity contribution in [3.8, 4) is 0 Å². The second kappa shape index (κ2) is 7.66. The summed E-state index contributed by atoms with van der Waals surface area (Å²) in [6.07, 6.45) is 1.35. The maximum atomic E-state index is 12.1. The average Bonchev–Trinajstić information content (AvgIpc) is 2.52. The van der Waals surface area contributed by atoms with Crippen molar-refractivity contribution in [2.45, 2.75) is 12.8 Å². The monoisotopic (exact) mass is 358 g/mol. The first kappa shape index (κ1) is 17.6. The molecule has 1 fully saturated rings. The molecule has 0 radical (unpaired) electrons. The second-order valence-electron chi connectivity index (χ2n) is 5.25. The molecule has 2 amide bonds. The molecule has 2 rings (SSSR count). The van der Waals surface area contributed by atoms with E-state index in [1.165, 1.54) is 17.0 Å². The quantitative estimate of drug-likeness (QED) is 0.832. The van der Waals surface area contributed by atoms with Crippen molar-refractivity contribution >= 4 is 41.0 Å². The van der Waals surface area contributed by atoms with Crippen molar-refractivity contribution in [1.82, 2.24) is 4.90 Å². The zero-order chi connectivity index (χ0) is 17.0. The van der Waals surface area contributed by atoms with Gasteiger partial charge in [-0.3, -0.25) is 9.59 Å². The third-order valence-corrected chi connectivity index (χ3v) is 4.30. The van der Waals surface area contributed by atoms with Gasteiger partial charge in [0.1, 0.15) is 0 Å². The maximum absolute atomic E-state index is 12.1. The highest BCUT2D eigenvalue weighted by molar-refractivity contribution is 6.39. The summed E-state index contributed by atoms with van der Waals surface area (Å²) in [5.41, 5.74) is 5.29. The van der Waals surface area contributed by atoms with E-state index >= 15 is 0 Å². The molecule has 23 heavy (non-hydrogen) atoms. The number of benzene rings is 1. The fourth-order valence-electron chi connectivity index (χ4n) is 2.42. The van der Waals surface area contributed by atoms with Crippen LogP contribution in [0.1, 0.15) is 23.2 Å². The highest BCUT2D eigenvalue weighted by Crippen LogP contribution is 2.25. The van der Waals surface area contributed by atoms with E-state index in [9.17, 15) is 14.4 Å². The standard InChI is InChI=1S/C15H16Cl2N2O4/c16-10-4-1-5-11(17)13(10)15(22)23-8-12(20)19-6-2-3-9(7-19)14(18)21/h1,4-5,9H,2-3,6-8H2,(H2,18,21)/t9-/m0/s1. The first-order valence-electron chi connectivity index (χ1n) is 7.08. The van der Waals surface area contributed by atoms with Crippen LogP contribution in [0.25, 0.3) is 0 Å². The van der Waals surface area contributed by atoms with E-state index in [-0.39, 0.29) is 34.0 Å². The molecule has 6 nitrogen and oxygen atoms in total. The van der Waals surface area contributed by atoms with Crippen LogP contribution < -0.4 is 5.73 Å². The van der Waals surface area contributed by atoms with E-state index in [1.54, 1.807) is 6.07 Å². The molecule has 8 heteroatoms. The number of primary amides is 1. The lowest BCUT2D eigenvalue weighted by atomic mass is 9.97. The van der Waals surface area contributed by atoms with Crippen LogP contribution >= 0.6 is 23.2 Å². The number of carbonyl (C=O) groups is 3. The van der Waals surface area contributed by atoms with E-state index in [0.29, 0.717) is 19.4 Å². The molecule has 1 aliphatic rings. The average molecular weight is 359 g/mol. The summed E-state index contributed by atoms with van der Waals surface area (Å²) in [6, 6.07) is 4.62. The number of carbonyl (C=O) groups excluding carboxylic acids is 3. The summed E-state index contributed by atoms with van der Waals surface area (Å²) in [7, 11) is 0. The van der Waals surface area contributed by atoms with Gasteiger partial charge >= 0.3 is 5.97 Å². The lowest BCUT2D eigenvalue weighted by Gasteiger charge is -2.31. The zero-order valence-electron chi connectivity index (χ0n) is 12.3. The van der Waals surface area contributed by atoms with Gasteiger partial charge in [-0.2, -0.15) is 0 Å². The third-order valence-electron chi connectivity index (χ3n) is 3.67. The second-order valence-corrected chi connectivity index (χ2v) is 6.07. The van der Waals surface area contributed by atoms with Crippen LogP contribution in [0.4, 0.5) is 0 Å². The van der Waals surface area contributed by atoms with Crippen LogP contribution in [0.15, 0.2) is 18.2 Å². The molecule has 1 saturated heterocycles. The number of esters is 1. The lowest BCUT2D eigenvalue weighted by Crippen LogP contribution is -2.45. The van der Waals surface area contributed by atoms with Gasteiger partial charge in [-0.25, -0.2) is 4.79 Å². The minimum Gasteiger partial charge on any atom is -0.452 e. The maximum Gasteiger partial charge on any atom is 0.341 e. The van der Waals surface area contributed by atoms with Crippen molar-refractivity contribution in [3.63, 3.8) is 0 Å². The van der Waals surface area contributed by atoms with Crippen LogP contribution in [0.3, 0.4) is 0 Å². The fourth-order valence-corrected chi connectivity index (χ4v) is 2.97. The van der Waals surface area contributed by atoms with Gasteiger partial charge in [0.15, 0.2) is 6.61 Å². The molecule has 1 aliphatic heterocycles. The molecule has 2 N–H and O–H groups in total. The number of hydrogen-bond acceptors (Lipinski definition) is 4. The van der Waals surface area contributed by atoms with Crippen molar-refractivity contribution in [2.75, 3.05) is 19.7 Å². The number of halogens is 2. The number of nitrogens with two attached hydrogens (primary N) is 1. The van der Waals surface area contributed by atoms with Crippen LogP contribution in [-0.2, 0) is 14.3 Å². The van der Waals surface area contributed by atoms with Gasteiger partial charge in [0.2, 0.25) is 5.91 Å². The molecule has 1 heterocycles. The molecule has 0 spiro atoms. The van der Waals surface area contributed by atoms with E-state index in [0.717, 1.165) is 0 Å². The van der Waals surface area contributed by atoms with Crippen LogP contribution in [-0.4, -0.2) is 42.4 Å². The van der Waals surface area contributed by atoms with Gasteiger partial charge in [0, 0.05) is 13.1 Å². The Hall–Kier alpha value is -1.79. The molecule has 0 saturated carbocycles. The molecule has 124 valence electrons. The number of piperidine rings is 1. The highest BCUT2D eigenvalue weighted by atomic mass is 35.5. The Morgan fingerprint density at radius 1 is 1.26 bits per heavy atom. The van der Waals surface area contributed by atoms with Gasteiger partial charge in [0.05, 0.1) is 21.5 Å². The summed E-state index contributed by atoms with van der Waals surface area (Å²) in [5, 5.41) is 0.309. The molecule has 1 atom stereocenters. The Bertz CT molecular complexity index is 616. The number of hydrogen-bond donors (Lipinski definition) is 1. The lowest BCUT2D eigenvalue weighted by molar-refractivity contribution is -0.137. The number of ether oxygens (including phenoxy) is 1. The minimum absolute atomic E-state index is 0.0253. The first-order valence-corrected chi connectivity index (χ1v) is 7.84. The Kier molecular flexibility index (Phi) is 5.85. The Morgan fingerprint density at radius 2 is 1.91 bits per heavy atom. The summed E-state index contributed by atoms with van der Waals surface area (Å²) in [5.74, 6) is -1.94. The third kappa shape index (κ3) is 4.36. The Labute approximate surface area is 143 Å². The van der Waals surface area contributed by atoms with Gasteiger partial charge in [-0.15, -0.1) is 0 Å². The summed E-state index contributed by atoms with van der Waals surface area (Å²) < 4.78 is 4.99. The molecule has 0 bridgehead atoms.